The molecule has 0 N–H and O–H groups in total. The van der Waals surface area contributed by atoms with Crippen molar-refractivity contribution in [3.63, 3.8) is 0 Å². The van der Waals surface area contributed by atoms with E-state index in [9.17, 15) is 19.2 Å². The molecule has 3 aliphatic rings. The van der Waals surface area contributed by atoms with Gasteiger partial charge in [-0.05, 0) is 75.6 Å². The fourth-order valence-electron chi connectivity index (χ4n) is 10.8. The molecule has 1 aliphatic carbocycles. The maximum absolute atomic E-state index is 13.3. The van der Waals surface area contributed by atoms with Crippen molar-refractivity contribution >= 4 is 23.9 Å². The van der Waals surface area contributed by atoms with Gasteiger partial charge in [-0.3, -0.25) is 19.2 Å². The second-order valence-corrected chi connectivity index (χ2v) is 18.7. The van der Waals surface area contributed by atoms with Gasteiger partial charge in [0.15, 0.2) is 0 Å². The van der Waals surface area contributed by atoms with Crippen molar-refractivity contribution < 1.29 is 76.0 Å². The summed E-state index contributed by atoms with van der Waals surface area (Å²) in [5.41, 5.74) is 5.84. The number of fused-ring (bicyclic) bond motifs is 8. The fraction of sp³-hybridized carbons (Fsp3) is 0.517. The van der Waals surface area contributed by atoms with Crippen LogP contribution in [0.1, 0.15) is 158 Å². The largest absolute Gasteiger partial charge is 0.496 e. The first-order valence-corrected chi connectivity index (χ1v) is 25.7. The molecule has 0 atom stereocenters. The first-order valence-electron chi connectivity index (χ1n) is 25.7. The highest BCUT2D eigenvalue weighted by Gasteiger charge is 2.35. The summed E-state index contributed by atoms with van der Waals surface area (Å²) < 4.78 is 74.0. The van der Waals surface area contributed by atoms with E-state index in [1.165, 1.54) is 0 Å². The molecule has 0 unspecified atom stereocenters. The number of benzene rings is 4. The molecule has 0 saturated carbocycles. The van der Waals surface area contributed by atoms with Gasteiger partial charge in [-0.1, -0.05) is 12.8 Å². The van der Waals surface area contributed by atoms with Crippen LogP contribution in [0.15, 0.2) is 48.5 Å². The number of cyclic esters (lactones) is 4. The highest BCUT2D eigenvalue weighted by atomic mass is 16.5. The van der Waals surface area contributed by atoms with Crippen LogP contribution < -0.4 is 37.9 Å². The first kappa shape index (κ1) is 54.9. The molecule has 2 aliphatic heterocycles. The number of methoxy groups -OCH3 is 8. The Labute approximate surface area is 434 Å². The average Bonchev–Trinajstić information content (AvgIpc) is 3.41. The van der Waals surface area contributed by atoms with E-state index in [1.54, 1.807) is 56.9 Å². The normalized spacial score (nSPS) is 20.5. The highest BCUT2D eigenvalue weighted by molar-refractivity contribution is 5.71. The van der Waals surface area contributed by atoms with E-state index in [0.29, 0.717) is 110 Å². The maximum atomic E-state index is 13.3. The van der Waals surface area contributed by atoms with Crippen molar-refractivity contribution in [1.82, 2.24) is 0 Å². The lowest BCUT2D eigenvalue weighted by Crippen LogP contribution is -2.18. The Morgan fingerprint density at radius 1 is 0.284 bits per heavy atom. The standard InChI is InChI=1S/C58H72O16/c1-63-47-31-48(64-2)40-27-39(47)35-19-23-71-55(59)15-11-9-12-16-56(60)72-24-20-36(40)45-30-46(54(70-8)34-53(45)69-7)38-22-26-74-58(62)18-14-10-13-17-57(61)73-25-21-37(41-28-42(38)50(66-4)32-49(41)65-3)44-29-43(35)51(67-5)33-52(44)68-6/h27-38H,9-26H2,1-8H3. The van der Waals surface area contributed by atoms with Crippen LogP contribution in [-0.4, -0.2) is 107 Å². The summed E-state index contributed by atoms with van der Waals surface area (Å²) in [4.78, 5) is 53.4. The van der Waals surface area contributed by atoms with E-state index in [-0.39, 0.29) is 76.0 Å². The van der Waals surface area contributed by atoms with Crippen LogP contribution in [-0.2, 0) is 38.1 Å². The predicted octanol–water partition coefficient (Wildman–Crippen LogP) is 10.3. The van der Waals surface area contributed by atoms with Crippen molar-refractivity contribution in [3.05, 3.63) is 93.0 Å². The second kappa shape index (κ2) is 26.4. The van der Waals surface area contributed by atoms with Crippen molar-refractivity contribution in [2.24, 2.45) is 0 Å². The minimum absolute atomic E-state index is 0.0513. The molecule has 0 aromatic heterocycles. The van der Waals surface area contributed by atoms with Crippen LogP contribution in [0.3, 0.4) is 0 Å². The lowest BCUT2D eigenvalue weighted by Gasteiger charge is -2.31. The third kappa shape index (κ3) is 12.7. The zero-order valence-electron chi connectivity index (χ0n) is 44.2. The van der Waals surface area contributed by atoms with Crippen molar-refractivity contribution in [1.29, 1.82) is 0 Å². The zero-order valence-corrected chi connectivity index (χ0v) is 44.2. The molecule has 4 aromatic rings. The van der Waals surface area contributed by atoms with Gasteiger partial charge in [0.05, 0.1) is 83.3 Å². The summed E-state index contributed by atoms with van der Waals surface area (Å²) in [6, 6.07) is 15.6. The molecule has 16 heteroatoms. The zero-order chi connectivity index (χ0) is 52.7. The maximum Gasteiger partial charge on any atom is 0.305 e. The number of hydrogen-bond acceptors (Lipinski definition) is 16. The molecule has 0 amide bonds. The van der Waals surface area contributed by atoms with Crippen molar-refractivity contribution in [2.45, 2.75) is 114 Å². The number of carbonyl (C=O) groups is 4. The van der Waals surface area contributed by atoms with Crippen LogP contribution in [0.25, 0.3) is 0 Å². The minimum atomic E-state index is -0.557. The molecule has 0 radical (unpaired) electrons. The Hall–Kier alpha value is -6.84. The van der Waals surface area contributed by atoms with Crippen LogP contribution in [0, 0.1) is 0 Å². The van der Waals surface area contributed by atoms with Gasteiger partial charge >= 0.3 is 23.9 Å². The number of ether oxygens (including phenoxy) is 12. The summed E-state index contributed by atoms with van der Waals surface area (Å²) >= 11 is 0. The van der Waals surface area contributed by atoms with Gasteiger partial charge in [-0.25, -0.2) is 0 Å². The number of esters is 4. The molecule has 400 valence electrons. The molecule has 12 bridgehead atoms. The lowest BCUT2D eigenvalue weighted by atomic mass is 9.77. The lowest BCUT2D eigenvalue weighted by molar-refractivity contribution is -0.145. The van der Waals surface area contributed by atoms with Crippen LogP contribution in [0.5, 0.6) is 46.0 Å². The quantitative estimate of drug-likeness (QED) is 0.120. The smallest absolute Gasteiger partial charge is 0.305 e. The average molecular weight is 1030 g/mol. The van der Waals surface area contributed by atoms with Gasteiger partial charge in [-0.15, -0.1) is 0 Å². The first-order chi connectivity index (χ1) is 36.0. The third-order valence-electron chi connectivity index (χ3n) is 14.5. The van der Waals surface area contributed by atoms with E-state index < -0.39 is 23.7 Å². The molecular weight excluding hydrogens is 953 g/mol. The summed E-state index contributed by atoms with van der Waals surface area (Å²) in [7, 11) is 12.8. The molecule has 7 rings (SSSR count). The van der Waals surface area contributed by atoms with Crippen molar-refractivity contribution in [2.75, 3.05) is 83.3 Å². The van der Waals surface area contributed by atoms with Gasteiger partial charge in [0, 0.05) is 118 Å². The molecule has 0 saturated heterocycles. The SMILES string of the molecule is COc1cc(OC)c2cc1C1CCOC(=O)CCCCCC(=O)OCCC2c2cc(c(OC)cc2OC)C2CCOC(=O)CCCCCC(=O)OCCC(c3cc2c(OC)cc3OC)c2cc1c(OC)cc2OC. The molecular formula is C58H72O16. The Bertz CT molecular complexity index is 2270. The van der Waals surface area contributed by atoms with Gasteiger partial charge in [0.2, 0.25) is 0 Å². The predicted molar refractivity (Wildman–Crippen MR) is 274 cm³/mol. The Morgan fingerprint density at radius 2 is 0.459 bits per heavy atom. The molecule has 4 aromatic carbocycles. The van der Waals surface area contributed by atoms with Crippen LogP contribution in [0.4, 0.5) is 0 Å². The third-order valence-corrected chi connectivity index (χ3v) is 14.5. The van der Waals surface area contributed by atoms with Crippen LogP contribution in [0.2, 0.25) is 0 Å². The van der Waals surface area contributed by atoms with E-state index >= 15 is 0 Å². The van der Waals surface area contributed by atoms with Gasteiger partial charge < -0.3 is 56.8 Å². The summed E-state index contributed by atoms with van der Waals surface area (Å²) in [6.07, 6.45) is 5.51. The second-order valence-electron chi connectivity index (χ2n) is 18.7. The van der Waals surface area contributed by atoms with Gasteiger partial charge in [0.25, 0.3) is 0 Å². The van der Waals surface area contributed by atoms with E-state index in [4.69, 9.17) is 56.8 Å². The number of hydrogen-bond donors (Lipinski definition) is 0. The molecule has 74 heavy (non-hydrogen) atoms. The number of carbonyl (C=O) groups excluding carboxylic acids is 4. The van der Waals surface area contributed by atoms with Gasteiger partial charge in [-0.2, -0.15) is 0 Å². The topological polar surface area (TPSA) is 179 Å². The molecule has 2 heterocycles. The fourth-order valence-corrected chi connectivity index (χ4v) is 10.8. The number of rotatable bonds is 8. The monoisotopic (exact) mass is 1020 g/mol. The van der Waals surface area contributed by atoms with Crippen molar-refractivity contribution in [3.8, 4) is 46.0 Å². The Kier molecular flexibility index (Phi) is 19.6. The van der Waals surface area contributed by atoms with Gasteiger partial charge in [0.1, 0.15) is 46.0 Å². The van der Waals surface area contributed by atoms with E-state index in [2.05, 4.69) is 12.1 Å². The van der Waals surface area contributed by atoms with Crippen LogP contribution >= 0.6 is 0 Å². The molecule has 0 fully saturated rings. The summed E-state index contributed by atoms with van der Waals surface area (Å²) in [5, 5.41) is 0. The summed E-state index contributed by atoms with van der Waals surface area (Å²) in [5.74, 6) is 0.363. The Morgan fingerprint density at radius 3 is 0.622 bits per heavy atom. The van der Waals surface area contributed by atoms with E-state index in [0.717, 1.165) is 44.5 Å². The molecule has 0 spiro atoms. The minimum Gasteiger partial charge on any atom is -0.496 e. The molecule has 16 nitrogen and oxygen atoms in total. The summed E-state index contributed by atoms with van der Waals surface area (Å²) in [6.45, 7) is 0.205. The Balaban J connectivity index is 1.65. The van der Waals surface area contributed by atoms with E-state index in [1.807, 2.05) is 36.4 Å². The highest BCUT2D eigenvalue weighted by Crippen LogP contribution is 2.53.